The maximum atomic E-state index is 13.1. The number of ether oxygens (including phenoxy) is 1. The Balaban J connectivity index is 1.70. The van der Waals surface area contributed by atoms with E-state index in [0.717, 1.165) is 4.90 Å². The van der Waals surface area contributed by atoms with Crippen LogP contribution in [-0.2, 0) is 19.2 Å². The zero-order valence-corrected chi connectivity index (χ0v) is 15.0. The molecular formula is C19H13N3O7. The Hall–Kier alpha value is -4.08. The molecule has 2 aromatic rings. The summed E-state index contributed by atoms with van der Waals surface area (Å²) in [5.74, 6) is -2.97. The Morgan fingerprint density at radius 1 is 1.14 bits per heavy atom. The van der Waals surface area contributed by atoms with Crippen molar-refractivity contribution in [2.45, 2.75) is 6.10 Å². The van der Waals surface area contributed by atoms with Crippen LogP contribution in [0.4, 0.5) is 11.4 Å². The van der Waals surface area contributed by atoms with Crippen molar-refractivity contribution in [3.8, 4) is 0 Å². The molecule has 0 unspecified atom stereocenters. The second kappa shape index (κ2) is 6.82. The zero-order valence-electron chi connectivity index (χ0n) is 15.0. The molecule has 0 bridgehead atoms. The molecule has 0 radical (unpaired) electrons. The summed E-state index contributed by atoms with van der Waals surface area (Å²) in [4.78, 5) is 54.4. The molecule has 10 nitrogen and oxygen atoms in total. The minimum atomic E-state index is -1.17. The Labute approximate surface area is 163 Å². The molecule has 2 amide bonds. The number of oxime groups is 1. The van der Waals surface area contributed by atoms with Gasteiger partial charge in [0.1, 0.15) is 11.6 Å². The number of para-hydroxylation sites is 1. The summed E-state index contributed by atoms with van der Waals surface area (Å²) in [7, 11) is 1.20. The van der Waals surface area contributed by atoms with E-state index in [1.54, 1.807) is 12.1 Å². The Bertz CT molecular complexity index is 1080. The number of rotatable bonds is 4. The van der Waals surface area contributed by atoms with Gasteiger partial charge >= 0.3 is 5.97 Å². The first kappa shape index (κ1) is 18.3. The van der Waals surface area contributed by atoms with Crippen molar-refractivity contribution in [1.82, 2.24) is 0 Å². The summed E-state index contributed by atoms with van der Waals surface area (Å²) in [6, 6.07) is 11.5. The molecule has 0 aromatic heterocycles. The molecule has 10 heteroatoms. The average molecular weight is 395 g/mol. The van der Waals surface area contributed by atoms with Gasteiger partial charge in [-0.3, -0.25) is 19.7 Å². The number of hydrogen-bond donors (Lipinski definition) is 0. The van der Waals surface area contributed by atoms with E-state index in [9.17, 15) is 24.5 Å². The number of imide groups is 1. The molecular weight excluding hydrogens is 382 g/mol. The number of nitro benzene ring substituents is 1. The highest BCUT2D eigenvalue weighted by molar-refractivity contribution is 6.33. The lowest BCUT2D eigenvalue weighted by Gasteiger charge is -2.18. The number of nitro groups is 1. The van der Waals surface area contributed by atoms with Crippen LogP contribution in [0.15, 0.2) is 53.7 Å². The SMILES string of the molecule is COC(=O)c1ccccc1N1C(=O)[C@@H]2C(c3ccc([N+](=O)[O-])cc3)=NO[C@@H]2C1=O. The van der Waals surface area contributed by atoms with Gasteiger partial charge in [0.25, 0.3) is 11.6 Å². The second-order valence-electron chi connectivity index (χ2n) is 6.30. The van der Waals surface area contributed by atoms with E-state index >= 15 is 0 Å². The molecule has 2 heterocycles. The van der Waals surface area contributed by atoms with E-state index in [1.165, 1.54) is 43.5 Å². The van der Waals surface area contributed by atoms with Gasteiger partial charge in [0.05, 0.1) is 23.3 Å². The molecule has 2 aliphatic rings. The van der Waals surface area contributed by atoms with Crippen molar-refractivity contribution in [3.63, 3.8) is 0 Å². The van der Waals surface area contributed by atoms with Crippen molar-refractivity contribution in [2.75, 3.05) is 12.0 Å². The largest absolute Gasteiger partial charge is 0.465 e. The van der Waals surface area contributed by atoms with Crippen LogP contribution >= 0.6 is 0 Å². The van der Waals surface area contributed by atoms with E-state index in [4.69, 9.17) is 9.57 Å². The normalized spacial score (nSPS) is 20.2. The Morgan fingerprint density at radius 3 is 2.48 bits per heavy atom. The number of nitrogens with zero attached hydrogens (tertiary/aromatic N) is 3. The lowest BCUT2D eigenvalue weighted by atomic mass is 9.94. The first-order chi connectivity index (χ1) is 13.9. The van der Waals surface area contributed by atoms with Gasteiger partial charge in [-0.15, -0.1) is 0 Å². The predicted octanol–water partition coefficient (Wildman–Crippen LogP) is 1.67. The van der Waals surface area contributed by atoms with E-state index in [1.807, 2.05) is 0 Å². The number of benzene rings is 2. The van der Waals surface area contributed by atoms with Crippen molar-refractivity contribution < 1.29 is 28.9 Å². The number of non-ortho nitro benzene ring substituents is 1. The maximum absolute atomic E-state index is 13.1. The number of carbonyl (C=O) groups excluding carboxylic acids is 3. The third-order valence-corrected chi connectivity index (χ3v) is 4.74. The number of fused-ring (bicyclic) bond motifs is 1. The van der Waals surface area contributed by atoms with E-state index in [2.05, 4.69) is 5.16 Å². The highest BCUT2D eigenvalue weighted by atomic mass is 16.7. The van der Waals surface area contributed by atoms with Crippen LogP contribution in [0, 0.1) is 16.0 Å². The molecule has 2 atom stereocenters. The van der Waals surface area contributed by atoms with E-state index in [0.29, 0.717) is 5.56 Å². The molecule has 29 heavy (non-hydrogen) atoms. The highest BCUT2D eigenvalue weighted by Crippen LogP contribution is 2.36. The number of anilines is 1. The monoisotopic (exact) mass is 395 g/mol. The number of methoxy groups -OCH3 is 1. The van der Waals surface area contributed by atoms with Gasteiger partial charge in [-0.2, -0.15) is 0 Å². The van der Waals surface area contributed by atoms with Crippen LogP contribution < -0.4 is 4.90 Å². The molecule has 0 saturated carbocycles. The minimum Gasteiger partial charge on any atom is -0.465 e. The van der Waals surface area contributed by atoms with Gasteiger partial charge in [-0.05, 0) is 24.3 Å². The van der Waals surface area contributed by atoms with E-state index < -0.39 is 34.7 Å². The standard InChI is InChI=1S/C19H13N3O7/c1-28-19(25)12-4-2-3-5-13(12)21-17(23)14-15(20-29-16(14)18(21)24)10-6-8-11(9-7-10)22(26)27/h2-9,14,16H,1H3/t14-,16+/m1/s1. The van der Waals surface area contributed by atoms with Gasteiger partial charge in [-0.25, -0.2) is 9.69 Å². The van der Waals surface area contributed by atoms with Gasteiger partial charge in [-0.1, -0.05) is 17.3 Å². The zero-order chi connectivity index (χ0) is 20.7. The van der Waals surface area contributed by atoms with Crippen molar-refractivity contribution in [3.05, 3.63) is 69.8 Å². The van der Waals surface area contributed by atoms with Gasteiger partial charge < -0.3 is 9.57 Å². The molecule has 2 aliphatic heterocycles. The third kappa shape index (κ3) is 2.81. The summed E-state index contributed by atoms with van der Waals surface area (Å²) in [5, 5.41) is 14.7. The minimum absolute atomic E-state index is 0.0606. The van der Waals surface area contributed by atoms with Gasteiger partial charge in [0.2, 0.25) is 12.0 Å². The summed E-state index contributed by atoms with van der Waals surface area (Å²) in [6.45, 7) is 0. The molecule has 0 spiro atoms. The quantitative estimate of drug-likeness (QED) is 0.333. The van der Waals surface area contributed by atoms with Crippen molar-refractivity contribution in [2.24, 2.45) is 11.1 Å². The Kier molecular flexibility index (Phi) is 4.30. The molecule has 2 aromatic carbocycles. The predicted molar refractivity (Wildman–Crippen MR) is 98.3 cm³/mol. The summed E-state index contributed by atoms with van der Waals surface area (Å²) in [6.07, 6.45) is -1.17. The lowest BCUT2D eigenvalue weighted by molar-refractivity contribution is -0.384. The molecule has 1 fully saturated rings. The lowest BCUT2D eigenvalue weighted by Crippen LogP contribution is -2.34. The molecule has 146 valence electrons. The van der Waals surface area contributed by atoms with Crippen LogP contribution in [0.5, 0.6) is 0 Å². The second-order valence-corrected chi connectivity index (χ2v) is 6.30. The van der Waals surface area contributed by atoms with Crippen LogP contribution in [0.3, 0.4) is 0 Å². The molecule has 0 aliphatic carbocycles. The summed E-state index contributed by atoms with van der Waals surface area (Å²) in [5.41, 5.74) is 0.654. The average Bonchev–Trinajstić information content (AvgIpc) is 3.28. The number of esters is 1. The topological polar surface area (TPSA) is 128 Å². The molecule has 1 saturated heterocycles. The highest BCUT2D eigenvalue weighted by Gasteiger charge is 2.56. The van der Waals surface area contributed by atoms with E-state index in [-0.39, 0.29) is 22.6 Å². The number of carbonyl (C=O) groups is 3. The molecule has 0 N–H and O–H groups in total. The fourth-order valence-corrected chi connectivity index (χ4v) is 3.36. The molecule has 4 rings (SSSR count). The first-order valence-electron chi connectivity index (χ1n) is 8.47. The first-order valence-corrected chi connectivity index (χ1v) is 8.47. The third-order valence-electron chi connectivity index (χ3n) is 4.74. The van der Waals surface area contributed by atoms with Crippen molar-refractivity contribution >= 4 is 34.9 Å². The fraction of sp³-hybridized carbons (Fsp3) is 0.158. The van der Waals surface area contributed by atoms with Gasteiger partial charge in [0.15, 0.2) is 0 Å². The van der Waals surface area contributed by atoms with Crippen LogP contribution in [0.25, 0.3) is 0 Å². The van der Waals surface area contributed by atoms with Crippen LogP contribution in [0.1, 0.15) is 15.9 Å². The Morgan fingerprint density at radius 2 is 1.83 bits per heavy atom. The smallest absolute Gasteiger partial charge is 0.339 e. The summed E-state index contributed by atoms with van der Waals surface area (Å²) < 4.78 is 4.72. The maximum Gasteiger partial charge on any atom is 0.339 e. The van der Waals surface area contributed by atoms with Gasteiger partial charge in [0, 0.05) is 17.7 Å². The van der Waals surface area contributed by atoms with Crippen molar-refractivity contribution in [1.29, 1.82) is 0 Å². The van der Waals surface area contributed by atoms with Crippen LogP contribution in [-0.4, -0.2) is 41.6 Å². The number of hydrogen-bond acceptors (Lipinski definition) is 8. The summed E-state index contributed by atoms with van der Waals surface area (Å²) >= 11 is 0. The fourth-order valence-electron chi connectivity index (χ4n) is 3.36. The number of amides is 2. The van der Waals surface area contributed by atoms with Crippen LogP contribution in [0.2, 0.25) is 0 Å².